The minimum absolute atomic E-state index is 0.515. The number of nitrogens with one attached hydrogen (secondary N) is 1. The van der Waals surface area contributed by atoms with Crippen LogP contribution in [0.4, 0.5) is 0 Å². The topological polar surface area (TPSA) is 29.1 Å². The summed E-state index contributed by atoms with van der Waals surface area (Å²) in [5, 5.41) is 3.72. The average Bonchev–Trinajstić information content (AvgIpc) is 2.20. The minimum atomic E-state index is -0.515. The van der Waals surface area contributed by atoms with E-state index in [-0.39, 0.29) is 0 Å². The number of hydrogen-bond acceptors (Lipinski definition) is 2. The highest BCUT2D eigenvalue weighted by atomic mass is 32.2. The highest BCUT2D eigenvalue weighted by Gasteiger charge is 2.35. The van der Waals surface area contributed by atoms with Crippen molar-refractivity contribution >= 4 is 10.8 Å². The molecule has 1 aliphatic carbocycles. The fourth-order valence-corrected chi connectivity index (χ4v) is 3.81. The van der Waals surface area contributed by atoms with Gasteiger partial charge in [0, 0.05) is 34.4 Å². The molecule has 1 aliphatic heterocycles. The van der Waals surface area contributed by atoms with Crippen molar-refractivity contribution < 1.29 is 4.21 Å². The third kappa shape index (κ3) is 2.19. The standard InChI is InChI=1S/C11H21NOS/c1-8-7-11(9(8)2)12-10-3-5-14(13)6-4-10/h8-12H,3-7H2,1-2H3. The van der Waals surface area contributed by atoms with Crippen LogP contribution in [0, 0.1) is 11.8 Å². The van der Waals surface area contributed by atoms with Crippen LogP contribution in [0.15, 0.2) is 0 Å². The van der Waals surface area contributed by atoms with Crippen LogP contribution < -0.4 is 5.32 Å². The molecule has 0 aromatic rings. The van der Waals surface area contributed by atoms with E-state index in [1.807, 2.05) is 0 Å². The van der Waals surface area contributed by atoms with E-state index in [2.05, 4.69) is 19.2 Å². The van der Waals surface area contributed by atoms with Gasteiger partial charge in [-0.25, -0.2) is 0 Å². The Morgan fingerprint density at radius 2 is 1.86 bits per heavy atom. The molecule has 14 heavy (non-hydrogen) atoms. The lowest BCUT2D eigenvalue weighted by Crippen LogP contribution is -2.53. The van der Waals surface area contributed by atoms with Gasteiger partial charge in [0.2, 0.25) is 0 Å². The van der Waals surface area contributed by atoms with E-state index >= 15 is 0 Å². The van der Waals surface area contributed by atoms with E-state index in [9.17, 15) is 4.21 Å². The molecule has 3 unspecified atom stereocenters. The highest BCUT2D eigenvalue weighted by molar-refractivity contribution is 7.85. The summed E-state index contributed by atoms with van der Waals surface area (Å²) in [5.74, 6) is 3.55. The quantitative estimate of drug-likeness (QED) is 0.757. The molecule has 1 N–H and O–H groups in total. The second-order valence-corrected chi connectivity index (χ2v) is 6.66. The minimum Gasteiger partial charge on any atom is -0.311 e. The Morgan fingerprint density at radius 3 is 2.36 bits per heavy atom. The van der Waals surface area contributed by atoms with Gasteiger partial charge in [0.1, 0.15) is 0 Å². The van der Waals surface area contributed by atoms with Crippen molar-refractivity contribution in [1.29, 1.82) is 0 Å². The molecule has 2 aliphatic rings. The molecule has 0 bridgehead atoms. The summed E-state index contributed by atoms with van der Waals surface area (Å²) in [6.07, 6.45) is 3.56. The lowest BCUT2D eigenvalue weighted by molar-refractivity contribution is 0.123. The van der Waals surface area contributed by atoms with Crippen LogP contribution in [0.25, 0.3) is 0 Å². The largest absolute Gasteiger partial charge is 0.311 e. The van der Waals surface area contributed by atoms with Gasteiger partial charge in [-0.3, -0.25) is 4.21 Å². The van der Waals surface area contributed by atoms with E-state index in [0.717, 1.165) is 42.2 Å². The first-order valence-corrected chi connectivity index (χ1v) is 7.26. The Balaban J connectivity index is 1.73. The molecule has 82 valence electrons. The molecule has 2 rings (SSSR count). The molecule has 1 saturated heterocycles. The van der Waals surface area contributed by atoms with Gasteiger partial charge < -0.3 is 5.32 Å². The molecule has 1 saturated carbocycles. The summed E-state index contributed by atoms with van der Waals surface area (Å²) >= 11 is 0. The molecule has 0 aromatic carbocycles. The van der Waals surface area contributed by atoms with E-state index in [0.29, 0.717) is 6.04 Å². The monoisotopic (exact) mass is 215 g/mol. The maximum absolute atomic E-state index is 11.2. The zero-order valence-corrected chi connectivity index (χ0v) is 9.98. The molecule has 0 amide bonds. The molecule has 2 fully saturated rings. The van der Waals surface area contributed by atoms with Gasteiger partial charge in [-0.2, -0.15) is 0 Å². The molecule has 2 nitrogen and oxygen atoms in total. The highest BCUT2D eigenvalue weighted by Crippen LogP contribution is 2.34. The molecule has 3 heteroatoms. The van der Waals surface area contributed by atoms with Crippen molar-refractivity contribution in [3.63, 3.8) is 0 Å². The van der Waals surface area contributed by atoms with Gasteiger partial charge in [-0.1, -0.05) is 13.8 Å². The Kier molecular flexibility index (Phi) is 3.27. The van der Waals surface area contributed by atoms with Gasteiger partial charge >= 0.3 is 0 Å². The van der Waals surface area contributed by atoms with Crippen molar-refractivity contribution in [2.24, 2.45) is 11.8 Å². The summed E-state index contributed by atoms with van der Waals surface area (Å²) < 4.78 is 11.2. The fourth-order valence-electron chi connectivity index (χ4n) is 2.51. The molecular formula is C11H21NOS. The van der Waals surface area contributed by atoms with Crippen LogP contribution in [0.2, 0.25) is 0 Å². The maximum atomic E-state index is 11.2. The first-order chi connectivity index (χ1) is 6.66. The van der Waals surface area contributed by atoms with Crippen LogP contribution in [0.1, 0.15) is 33.1 Å². The van der Waals surface area contributed by atoms with Crippen LogP contribution in [-0.4, -0.2) is 27.8 Å². The SMILES string of the molecule is CC1CC(NC2CCS(=O)CC2)C1C. The van der Waals surface area contributed by atoms with Crippen LogP contribution in [0.3, 0.4) is 0 Å². The van der Waals surface area contributed by atoms with E-state index in [1.165, 1.54) is 6.42 Å². The second-order valence-electron chi connectivity index (χ2n) is 4.97. The molecule has 0 spiro atoms. The van der Waals surface area contributed by atoms with Gasteiger partial charge in [-0.15, -0.1) is 0 Å². The van der Waals surface area contributed by atoms with Crippen LogP contribution >= 0.6 is 0 Å². The Hall–Kier alpha value is 0.110. The second kappa shape index (κ2) is 4.31. The van der Waals surface area contributed by atoms with Crippen molar-refractivity contribution in [1.82, 2.24) is 5.32 Å². The Bertz CT molecular complexity index is 221. The smallest absolute Gasteiger partial charge is 0.0249 e. The zero-order chi connectivity index (χ0) is 10.1. The van der Waals surface area contributed by atoms with E-state index < -0.39 is 10.8 Å². The van der Waals surface area contributed by atoms with E-state index in [1.54, 1.807) is 0 Å². The van der Waals surface area contributed by atoms with Crippen molar-refractivity contribution in [2.45, 2.75) is 45.2 Å². The maximum Gasteiger partial charge on any atom is 0.0249 e. The van der Waals surface area contributed by atoms with Crippen molar-refractivity contribution in [3.8, 4) is 0 Å². The van der Waals surface area contributed by atoms with Gasteiger partial charge in [0.15, 0.2) is 0 Å². The van der Waals surface area contributed by atoms with E-state index in [4.69, 9.17) is 0 Å². The Morgan fingerprint density at radius 1 is 1.21 bits per heavy atom. The third-order valence-corrected chi connectivity index (χ3v) is 5.38. The Labute approximate surface area is 89.3 Å². The van der Waals surface area contributed by atoms with Gasteiger partial charge in [0.25, 0.3) is 0 Å². The third-order valence-electron chi connectivity index (χ3n) is 4.00. The predicted octanol–water partition coefficient (Wildman–Crippen LogP) is 1.53. The average molecular weight is 215 g/mol. The molecule has 1 heterocycles. The molecule has 0 aromatic heterocycles. The van der Waals surface area contributed by atoms with Crippen molar-refractivity contribution in [3.05, 3.63) is 0 Å². The summed E-state index contributed by atoms with van der Waals surface area (Å²) in [6, 6.07) is 1.38. The first-order valence-electron chi connectivity index (χ1n) is 5.78. The normalized spacial score (nSPS) is 48.6. The van der Waals surface area contributed by atoms with Crippen LogP contribution in [0.5, 0.6) is 0 Å². The van der Waals surface area contributed by atoms with Crippen LogP contribution in [-0.2, 0) is 10.8 Å². The van der Waals surface area contributed by atoms with Gasteiger partial charge in [-0.05, 0) is 31.1 Å². The lowest BCUT2D eigenvalue weighted by Gasteiger charge is -2.44. The molecule has 3 atom stereocenters. The summed E-state index contributed by atoms with van der Waals surface area (Å²) in [7, 11) is -0.515. The zero-order valence-electron chi connectivity index (χ0n) is 9.16. The first kappa shape index (κ1) is 10.6. The molecule has 0 radical (unpaired) electrons. The van der Waals surface area contributed by atoms with Crippen molar-refractivity contribution in [2.75, 3.05) is 11.5 Å². The lowest BCUT2D eigenvalue weighted by atomic mass is 9.71. The molecular weight excluding hydrogens is 194 g/mol. The number of hydrogen-bond donors (Lipinski definition) is 1. The number of rotatable bonds is 2. The summed E-state index contributed by atoms with van der Waals surface area (Å²) in [6.45, 7) is 4.67. The fraction of sp³-hybridized carbons (Fsp3) is 1.00. The predicted molar refractivity (Wildman–Crippen MR) is 60.8 cm³/mol. The summed E-state index contributed by atoms with van der Waals surface area (Å²) in [4.78, 5) is 0. The summed E-state index contributed by atoms with van der Waals surface area (Å²) in [5.41, 5.74) is 0. The van der Waals surface area contributed by atoms with Gasteiger partial charge in [0.05, 0.1) is 0 Å².